The topological polar surface area (TPSA) is 102 Å². The van der Waals surface area contributed by atoms with Crippen LogP contribution in [0.4, 0.5) is 10.2 Å². The van der Waals surface area contributed by atoms with Crippen LogP contribution in [-0.2, 0) is 15.9 Å². The first-order valence-corrected chi connectivity index (χ1v) is 11.6. The average molecular weight is 489 g/mol. The Morgan fingerprint density at radius 3 is 3.03 bits per heavy atom. The number of anilines is 1. The molecule has 1 unspecified atom stereocenters. The number of nitrogens with zero attached hydrogens (tertiary/aromatic N) is 2. The Kier molecular flexibility index (Phi) is 6.69. The number of pyridine rings is 1. The molecule has 2 aromatic heterocycles. The van der Waals surface area contributed by atoms with Crippen molar-refractivity contribution >= 4 is 34.7 Å². The summed E-state index contributed by atoms with van der Waals surface area (Å²) in [5, 5.41) is 12.9. The minimum atomic E-state index is -0.253. The third-order valence-corrected chi connectivity index (χ3v) is 6.39. The lowest BCUT2D eigenvalue weighted by Gasteiger charge is -2.16. The second kappa shape index (κ2) is 9.87. The fourth-order valence-corrected chi connectivity index (χ4v) is 4.72. The Labute approximate surface area is 201 Å². The van der Waals surface area contributed by atoms with E-state index in [-0.39, 0.29) is 30.7 Å². The molecule has 1 aliphatic carbocycles. The first kappa shape index (κ1) is 23.0. The van der Waals surface area contributed by atoms with E-state index in [1.54, 1.807) is 13.2 Å². The van der Waals surface area contributed by atoms with Crippen LogP contribution in [0.5, 0.6) is 6.01 Å². The molecule has 10 heteroatoms. The predicted octanol–water partition coefficient (Wildman–Crippen LogP) is 4.04. The number of nitrogens with one attached hydrogen (secondary N) is 2. The molecule has 0 radical (unpaired) electrons. The van der Waals surface area contributed by atoms with Gasteiger partial charge in [-0.1, -0.05) is 29.8 Å². The Morgan fingerprint density at radius 2 is 2.24 bits per heavy atom. The molecular weight excluding hydrogens is 463 g/mol. The van der Waals surface area contributed by atoms with E-state index in [4.69, 9.17) is 25.8 Å². The van der Waals surface area contributed by atoms with Crippen LogP contribution < -0.4 is 10.1 Å². The van der Waals surface area contributed by atoms with Gasteiger partial charge in [0.05, 0.1) is 42.5 Å². The van der Waals surface area contributed by atoms with Gasteiger partial charge in [0.2, 0.25) is 0 Å². The Hall–Kier alpha value is -2.72. The van der Waals surface area contributed by atoms with E-state index < -0.39 is 0 Å². The average Bonchev–Trinajstić information content (AvgIpc) is 3.53. The van der Waals surface area contributed by atoms with Crippen LogP contribution in [0.2, 0.25) is 5.02 Å². The van der Waals surface area contributed by atoms with Gasteiger partial charge >= 0.3 is 0 Å². The van der Waals surface area contributed by atoms with Crippen molar-refractivity contribution in [2.45, 2.75) is 37.5 Å². The van der Waals surface area contributed by atoms with Gasteiger partial charge in [-0.3, -0.25) is 0 Å². The standard InChI is InChI=1S/C24H26ClFN4O4/c1-32-6-2-3-13-7-14-4-5-19(21(14)18(26)8-13)27-22-17(25)10-20-23(29-22)30-24(28-20)34-16-9-15(11-31)33-12-16/h2-3,7-8,10,15-16,19,31H,4-6,9,11-12H2,1H3,(H2,27,28,29,30)/b3-2+/t15-,16-,19?/m0/s1. The van der Waals surface area contributed by atoms with Gasteiger partial charge in [-0.15, -0.1) is 0 Å². The van der Waals surface area contributed by atoms with E-state index in [0.29, 0.717) is 53.2 Å². The van der Waals surface area contributed by atoms with Crippen LogP contribution in [0.15, 0.2) is 24.3 Å². The highest BCUT2D eigenvalue weighted by Gasteiger charge is 2.29. The SMILES string of the molecule is COC/C=C/c1cc(F)c2c(c1)CCC2Nc1nc2nc(O[C@@H]3CO[C@H](CO)C3)[nH]c2cc1Cl. The number of aromatic nitrogens is 3. The molecule has 1 aliphatic heterocycles. The van der Waals surface area contributed by atoms with E-state index in [1.165, 1.54) is 6.07 Å². The fraction of sp³-hybridized carbons (Fsp3) is 0.417. The van der Waals surface area contributed by atoms with Crippen LogP contribution in [0.1, 0.15) is 35.6 Å². The summed E-state index contributed by atoms with van der Waals surface area (Å²) in [6.07, 6.45) is 5.38. The second-order valence-electron chi connectivity index (χ2n) is 8.51. The smallest absolute Gasteiger partial charge is 0.296 e. The molecule has 1 fully saturated rings. The number of benzene rings is 1. The van der Waals surface area contributed by atoms with Crippen molar-refractivity contribution in [3.8, 4) is 6.01 Å². The number of hydrogen-bond donors (Lipinski definition) is 3. The molecule has 2 aliphatic rings. The van der Waals surface area contributed by atoms with Gasteiger partial charge in [-0.25, -0.2) is 9.37 Å². The molecular formula is C24H26ClFN4O4. The zero-order valence-electron chi connectivity index (χ0n) is 18.7. The molecule has 1 saturated heterocycles. The molecule has 3 N–H and O–H groups in total. The van der Waals surface area contributed by atoms with Crippen molar-refractivity contribution in [2.24, 2.45) is 0 Å². The molecule has 3 heterocycles. The van der Waals surface area contributed by atoms with E-state index >= 15 is 0 Å². The van der Waals surface area contributed by atoms with Crippen molar-refractivity contribution in [3.05, 3.63) is 51.8 Å². The summed E-state index contributed by atoms with van der Waals surface area (Å²) in [6, 6.07) is 5.35. The minimum Gasteiger partial charge on any atom is -0.459 e. The van der Waals surface area contributed by atoms with Gasteiger partial charge in [0.25, 0.3) is 6.01 Å². The van der Waals surface area contributed by atoms with Crippen LogP contribution in [0, 0.1) is 5.82 Å². The molecule has 3 aromatic rings. The van der Waals surface area contributed by atoms with Gasteiger partial charge in [-0.05, 0) is 36.1 Å². The first-order chi connectivity index (χ1) is 16.5. The van der Waals surface area contributed by atoms with Crippen LogP contribution in [0.25, 0.3) is 17.2 Å². The largest absolute Gasteiger partial charge is 0.459 e. The molecule has 34 heavy (non-hydrogen) atoms. The molecule has 8 nitrogen and oxygen atoms in total. The van der Waals surface area contributed by atoms with Gasteiger partial charge in [0.15, 0.2) is 5.65 Å². The van der Waals surface area contributed by atoms with Crippen molar-refractivity contribution in [2.75, 3.05) is 32.2 Å². The molecule has 0 saturated carbocycles. The van der Waals surface area contributed by atoms with Crippen LogP contribution in [0.3, 0.4) is 0 Å². The maximum absolute atomic E-state index is 15.0. The molecule has 5 rings (SSSR count). The Morgan fingerprint density at radius 1 is 1.35 bits per heavy atom. The number of halogens is 2. The van der Waals surface area contributed by atoms with E-state index in [0.717, 1.165) is 24.0 Å². The minimum absolute atomic E-state index is 0.0388. The highest BCUT2D eigenvalue weighted by Crippen LogP contribution is 2.38. The van der Waals surface area contributed by atoms with Crippen molar-refractivity contribution < 1.29 is 23.7 Å². The zero-order valence-corrected chi connectivity index (χ0v) is 19.4. The summed E-state index contributed by atoms with van der Waals surface area (Å²) in [5.74, 6) is 0.190. The molecule has 0 bridgehead atoms. The Balaban J connectivity index is 1.33. The fourth-order valence-electron chi connectivity index (χ4n) is 4.52. The molecule has 0 amide bonds. The number of methoxy groups -OCH3 is 1. The summed E-state index contributed by atoms with van der Waals surface area (Å²) >= 11 is 6.49. The lowest BCUT2D eigenvalue weighted by atomic mass is 10.0. The Bertz CT molecular complexity index is 1220. The van der Waals surface area contributed by atoms with Gasteiger partial charge in [0.1, 0.15) is 17.7 Å². The number of hydrogen-bond acceptors (Lipinski definition) is 7. The van der Waals surface area contributed by atoms with Gasteiger partial charge in [-0.2, -0.15) is 4.98 Å². The first-order valence-electron chi connectivity index (χ1n) is 11.2. The summed E-state index contributed by atoms with van der Waals surface area (Å²) in [5.41, 5.74) is 3.51. The summed E-state index contributed by atoms with van der Waals surface area (Å²) in [6.45, 7) is 0.829. The van der Waals surface area contributed by atoms with Crippen LogP contribution in [-0.4, -0.2) is 59.2 Å². The number of aryl methyl sites for hydroxylation is 1. The number of fused-ring (bicyclic) bond motifs is 2. The highest BCUT2D eigenvalue weighted by molar-refractivity contribution is 6.33. The molecule has 0 spiro atoms. The molecule has 3 atom stereocenters. The quantitative estimate of drug-likeness (QED) is 0.440. The van der Waals surface area contributed by atoms with Crippen molar-refractivity contribution in [1.82, 2.24) is 15.0 Å². The number of imidazole rings is 1. The summed E-state index contributed by atoms with van der Waals surface area (Å²) in [7, 11) is 1.62. The third-order valence-electron chi connectivity index (χ3n) is 6.10. The lowest BCUT2D eigenvalue weighted by molar-refractivity contribution is 0.0528. The molecule has 180 valence electrons. The monoisotopic (exact) mass is 488 g/mol. The number of aromatic amines is 1. The number of H-pyrrole nitrogens is 1. The van der Waals surface area contributed by atoms with Gasteiger partial charge in [0, 0.05) is 19.1 Å². The highest BCUT2D eigenvalue weighted by atomic mass is 35.5. The number of ether oxygens (including phenoxy) is 3. The van der Waals surface area contributed by atoms with Crippen molar-refractivity contribution in [3.63, 3.8) is 0 Å². The van der Waals surface area contributed by atoms with E-state index in [9.17, 15) is 9.50 Å². The maximum atomic E-state index is 15.0. The predicted molar refractivity (Wildman–Crippen MR) is 127 cm³/mol. The summed E-state index contributed by atoms with van der Waals surface area (Å²) in [4.78, 5) is 12.0. The normalized spacial score (nSPS) is 22.1. The summed E-state index contributed by atoms with van der Waals surface area (Å²) < 4.78 is 31.3. The number of aliphatic hydroxyl groups is 1. The number of aliphatic hydroxyl groups excluding tert-OH is 1. The molecule has 1 aromatic carbocycles. The van der Waals surface area contributed by atoms with Crippen molar-refractivity contribution in [1.29, 1.82) is 0 Å². The lowest BCUT2D eigenvalue weighted by Crippen LogP contribution is -2.17. The van der Waals surface area contributed by atoms with Gasteiger partial charge < -0.3 is 29.6 Å². The number of rotatable bonds is 8. The maximum Gasteiger partial charge on any atom is 0.296 e. The zero-order chi connectivity index (χ0) is 23.7. The second-order valence-corrected chi connectivity index (χ2v) is 8.92. The third kappa shape index (κ3) is 4.74. The van der Waals surface area contributed by atoms with E-state index in [2.05, 4.69) is 20.3 Å². The van der Waals surface area contributed by atoms with E-state index in [1.807, 2.05) is 18.2 Å². The van der Waals surface area contributed by atoms with Crippen LogP contribution >= 0.6 is 11.6 Å².